The Kier molecular flexibility index (Phi) is 7.72. The molecule has 27 heavy (non-hydrogen) atoms. The van der Waals surface area contributed by atoms with Crippen LogP contribution in [0.4, 0.5) is 4.79 Å². The number of nitrogens with one attached hydrogen (secondary N) is 1. The van der Waals surface area contributed by atoms with Crippen LogP contribution in [0.5, 0.6) is 0 Å². The average Bonchev–Trinajstić information content (AvgIpc) is 2.71. The number of nitrogens with zero attached hydrogens (tertiary/aromatic N) is 3. The molecule has 2 amide bonds. The van der Waals surface area contributed by atoms with Gasteiger partial charge in [-0.25, -0.2) is 4.79 Å². The van der Waals surface area contributed by atoms with Crippen molar-refractivity contribution in [3.63, 3.8) is 0 Å². The van der Waals surface area contributed by atoms with Gasteiger partial charge in [-0.3, -0.25) is 4.90 Å². The van der Waals surface area contributed by atoms with Crippen molar-refractivity contribution in [2.45, 2.75) is 31.7 Å². The van der Waals surface area contributed by atoms with E-state index < -0.39 is 0 Å². The number of urea groups is 1. The van der Waals surface area contributed by atoms with Crippen molar-refractivity contribution in [3.05, 3.63) is 42.0 Å². The molecule has 0 aliphatic carbocycles. The minimum Gasteiger partial charge on any atom is -0.338 e. The molecule has 1 atom stereocenters. The smallest absolute Gasteiger partial charge is 0.317 e. The maximum Gasteiger partial charge on any atom is 0.317 e. The maximum atomic E-state index is 12.4. The van der Waals surface area contributed by atoms with Gasteiger partial charge < -0.3 is 15.1 Å². The predicted octanol–water partition coefficient (Wildman–Crippen LogP) is 2.90. The molecule has 3 rings (SSSR count). The number of piperazine rings is 1. The monoisotopic (exact) mass is 370 g/mol. The minimum atomic E-state index is 0.105. The number of piperidine rings is 1. The molecular weight excluding hydrogens is 336 g/mol. The largest absolute Gasteiger partial charge is 0.338 e. The molecular formula is C22H34N4O. The first-order chi connectivity index (χ1) is 13.2. The molecule has 0 aromatic heterocycles. The molecule has 5 nitrogen and oxygen atoms in total. The highest BCUT2D eigenvalue weighted by Crippen LogP contribution is 2.17. The van der Waals surface area contributed by atoms with Crippen molar-refractivity contribution in [2.24, 2.45) is 0 Å². The molecule has 2 heterocycles. The third-order valence-electron chi connectivity index (χ3n) is 5.81. The third kappa shape index (κ3) is 6.36. The molecule has 2 aliphatic heterocycles. The third-order valence-corrected chi connectivity index (χ3v) is 5.81. The lowest BCUT2D eigenvalue weighted by atomic mass is 10.0. The van der Waals surface area contributed by atoms with Crippen molar-refractivity contribution < 1.29 is 4.79 Å². The summed E-state index contributed by atoms with van der Waals surface area (Å²) in [6.45, 7) is 6.43. The molecule has 1 aromatic rings. The predicted molar refractivity (Wildman–Crippen MR) is 112 cm³/mol. The van der Waals surface area contributed by atoms with Gasteiger partial charge in [0.1, 0.15) is 0 Å². The summed E-state index contributed by atoms with van der Waals surface area (Å²) in [4.78, 5) is 19.2. The van der Waals surface area contributed by atoms with E-state index in [1.54, 1.807) is 0 Å². The molecule has 5 heteroatoms. The summed E-state index contributed by atoms with van der Waals surface area (Å²) < 4.78 is 0. The summed E-state index contributed by atoms with van der Waals surface area (Å²) in [5.41, 5.74) is 1.24. The highest BCUT2D eigenvalue weighted by atomic mass is 16.2. The highest BCUT2D eigenvalue weighted by molar-refractivity contribution is 5.74. The van der Waals surface area contributed by atoms with Gasteiger partial charge in [0.15, 0.2) is 0 Å². The first-order valence-corrected chi connectivity index (χ1v) is 10.4. The van der Waals surface area contributed by atoms with Gasteiger partial charge in [0, 0.05) is 45.3 Å². The Balaban J connectivity index is 1.31. The van der Waals surface area contributed by atoms with Crippen LogP contribution < -0.4 is 5.32 Å². The van der Waals surface area contributed by atoms with Gasteiger partial charge in [0.25, 0.3) is 0 Å². The van der Waals surface area contributed by atoms with Crippen LogP contribution in [0.3, 0.4) is 0 Å². The molecule has 0 radical (unpaired) electrons. The topological polar surface area (TPSA) is 38.8 Å². The fourth-order valence-corrected chi connectivity index (χ4v) is 4.00. The second-order valence-electron chi connectivity index (χ2n) is 7.75. The van der Waals surface area contributed by atoms with Crippen molar-refractivity contribution in [1.29, 1.82) is 0 Å². The molecule has 0 bridgehead atoms. The quantitative estimate of drug-likeness (QED) is 0.837. The van der Waals surface area contributed by atoms with E-state index in [4.69, 9.17) is 0 Å². The summed E-state index contributed by atoms with van der Waals surface area (Å²) in [5, 5.41) is 3.13. The number of hydrogen-bond acceptors (Lipinski definition) is 3. The van der Waals surface area contributed by atoms with Crippen LogP contribution in [0.2, 0.25) is 0 Å². The lowest BCUT2D eigenvalue weighted by molar-refractivity contribution is 0.143. The Bertz CT molecular complexity index is 596. The first-order valence-electron chi connectivity index (χ1n) is 10.4. The zero-order chi connectivity index (χ0) is 18.9. The molecule has 2 saturated heterocycles. The minimum absolute atomic E-state index is 0.105. The standard InChI is InChI=1S/C22H34N4O/c1-24-14-6-5-11-21(24)12-13-23-22(27)26-18-16-25(17-19-26)15-7-10-20-8-3-2-4-9-20/h2-4,7-10,21H,5-6,11-19H2,1H3,(H,23,27)/b10-7+/t21-/m0/s1. The van der Waals surface area contributed by atoms with Gasteiger partial charge in [-0.05, 0) is 38.4 Å². The van der Waals surface area contributed by atoms with E-state index in [-0.39, 0.29) is 6.03 Å². The molecule has 0 unspecified atom stereocenters. The number of rotatable bonds is 6. The summed E-state index contributed by atoms with van der Waals surface area (Å²) in [6, 6.07) is 11.1. The number of carbonyl (C=O) groups is 1. The summed E-state index contributed by atoms with van der Waals surface area (Å²) in [7, 11) is 2.21. The van der Waals surface area contributed by atoms with Crippen LogP contribution in [-0.2, 0) is 0 Å². The van der Waals surface area contributed by atoms with Crippen molar-refractivity contribution in [1.82, 2.24) is 20.0 Å². The number of carbonyl (C=O) groups excluding carboxylic acids is 1. The molecule has 148 valence electrons. The molecule has 2 aliphatic rings. The highest BCUT2D eigenvalue weighted by Gasteiger charge is 2.22. The number of likely N-dealkylation sites (tertiary alicyclic amines) is 1. The average molecular weight is 371 g/mol. The van der Waals surface area contributed by atoms with E-state index in [2.05, 4.69) is 58.6 Å². The molecule has 1 N–H and O–H groups in total. The second-order valence-corrected chi connectivity index (χ2v) is 7.75. The van der Waals surface area contributed by atoms with Gasteiger partial charge in [0.05, 0.1) is 0 Å². The van der Waals surface area contributed by atoms with Crippen molar-refractivity contribution in [2.75, 3.05) is 52.9 Å². The van der Waals surface area contributed by atoms with Crippen LogP contribution in [0.25, 0.3) is 6.08 Å². The van der Waals surface area contributed by atoms with E-state index in [1.165, 1.54) is 31.4 Å². The van der Waals surface area contributed by atoms with E-state index in [0.29, 0.717) is 6.04 Å². The molecule has 0 saturated carbocycles. The Morgan fingerprint density at radius 3 is 2.63 bits per heavy atom. The fraction of sp³-hybridized carbons (Fsp3) is 0.591. The van der Waals surface area contributed by atoms with Crippen LogP contribution in [-0.4, -0.2) is 79.6 Å². The Morgan fingerprint density at radius 1 is 1.11 bits per heavy atom. The summed E-state index contributed by atoms with van der Waals surface area (Å²) in [6.07, 6.45) is 9.34. The van der Waals surface area contributed by atoms with Crippen molar-refractivity contribution in [3.8, 4) is 0 Å². The number of benzene rings is 1. The maximum absolute atomic E-state index is 12.4. The fourth-order valence-electron chi connectivity index (χ4n) is 4.00. The summed E-state index contributed by atoms with van der Waals surface area (Å²) >= 11 is 0. The normalized spacial score (nSPS) is 22.3. The van der Waals surface area contributed by atoms with Gasteiger partial charge in [-0.2, -0.15) is 0 Å². The second kappa shape index (κ2) is 10.5. The van der Waals surface area contributed by atoms with Crippen LogP contribution in [0.1, 0.15) is 31.2 Å². The van der Waals surface area contributed by atoms with E-state index in [0.717, 1.165) is 45.7 Å². The van der Waals surface area contributed by atoms with Gasteiger partial charge >= 0.3 is 6.03 Å². The van der Waals surface area contributed by atoms with Crippen LogP contribution in [0.15, 0.2) is 36.4 Å². The number of amides is 2. The molecule has 2 fully saturated rings. The van der Waals surface area contributed by atoms with Crippen molar-refractivity contribution >= 4 is 12.1 Å². The SMILES string of the molecule is CN1CCCC[C@H]1CCNC(=O)N1CCN(C/C=C/c2ccccc2)CC1. The zero-order valence-electron chi connectivity index (χ0n) is 16.6. The molecule has 0 spiro atoms. The first kappa shape index (κ1) is 19.9. The molecule has 1 aromatic carbocycles. The van der Waals surface area contributed by atoms with Gasteiger partial charge in [-0.1, -0.05) is 48.9 Å². The Labute approximate surface area is 164 Å². The Hall–Kier alpha value is -1.85. The lowest BCUT2D eigenvalue weighted by Crippen LogP contribution is -2.52. The Morgan fingerprint density at radius 2 is 1.89 bits per heavy atom. The lowest BCUT2D eigenvalue weighted by Gasteiger charge is -2.35. The van der Waals surface area contributed by atoms with E-state index >= 15 is 0 Å². The van der Waals surface area contributed by atoms with Gasteiger partial charge in [0.2, 0.25) is 0 Å². The van der Waals surface area contributed by atoms with Crippen LogP contribution in [0, 0.1) is 0 Å². The van der Waals surface area contributed by atoms with E-state index in [1.807, 2.05) is 11.0 Å². The summed E-state index contributed by atoms with van der Waals surface area (Å²) in [5.74, 6) is 0. The zero-order valence-corrected chi connectivity index (χ0v) is 16.6. The number of hydrogen-bond donors (Lipinski definition) is 1. The van der Waals surface area contributed by atoms with Gasteiger partial charge in [-0.15, -0.1) is 0 Å². The van der Waals surface area contributed by atoms with E-state index in [9.17, 15) is 4.79 Å². The van der Waals surface area contributed by atoms with Crippen LogP contribution >= 0.6 is 0 Å².